The lowest BCUT2D eigenvalue weighted by Crippen LogP contribution is -2.30. The molecule has 1 N–H and O–H groups in total. The number of H-pyrrole nitrogens is 1. The van der Waals surface area contributed by atoms with Gasteiger partial charge in [-0.3, -0.25) is 4.79 Å². The van der Waals surface area contributed by atoms with Crippen LogP contribution in [0.5, 0.6) is 5.75 Å². The molecule has 2 aromatic carbocycles. The third-order valence-electron chi connectivity index (χ3n) is 5.41. The monoisotopic (exact) mass is 408 g/mol. The van der Waals surface area contributed by atoms with Gasteiger partial charge in [0.25, 0.3) is 0 Å². The first-order chi connectivity index (χ1) is 13.6. The highest BCUT2D eigenvalue weighted by Crippen LogP contribution is 2.44. The fourth-order valence-electron chi connectivity index (χ4n) is 3.88. The summed E-state index contributed by atoms with van der Waals surface area (Å²) in [6.07, 6.45) is 1.17. The molecule has 7 heteroatoms. The normalized spacial score (nSPS) is 14.9. The summed E-state index contributed by atoms with van der Waals surface area (Å²) in [4.78, 5) is 16.6. The van der Waals surface area contributed by atoms with E-state index in [0.29, 0.717) is 22.4 Å². The lowest BCUT2D eigenvalue weighted by atomic mass is 9.71. The van der Waals surface area contributed by atoms with Crippen molar-refractivity contribution >= 4 is 26.5 Å². The van der Waals surface area contributed by atoms with Crippen molar-refractivity contribution in [1.82, 2.24) is 4.98 Å². The van der Waals surface area contributed by atoms with E-state index in [1.165, 1.54) is 6.26 Å². The number of rotatable bonds is 4. The highest BCUT2D eigenvalue weighted by Gasteiger charge is 2.39. The molecular weight excluding hydrogens is 388 g/mol. The van der Waals surface area contributed by atoms with Gasteiger partial charge in [0.05, 0.1) is 22.9 Å². The van der Waals surface area contributed by atoms with Crippen LogP contribution in [0, 0.1) is 11.3 Å². The summed E-state index contributed by atoms with van der Waals surface area (Å²) < 4.78 is 28.3. The number of aromatic nitrogens is 1. The first-order valence-corrected chi connectivity index (χ1v) is 11.2. The molecule has 0 amide bonds. The van der Waals surface area contributed by atoms with Gasteiger partial charge in [-0.25, -0.2) is 8.42 Å². The highest BCUT2D eigenvalue weighted by molar-refractivity contribution is 7.90. The Morgan fingerprint density at radius 1 is 1.17 bits per heavy atom. The van der Waals surface area contributed by atoms with Crippen molar-refractivity contribution in [2.45, 2.75) is 19.3 Å². The molecule has 1 aliphatic carbocycles. The number of ketones is 1. The predicted molar refractivity (Wildman–Crippen MR) is 110 cm³/mol. The molecule has 0 radical (unpaired) electrons. The van der Waals surface area contributed by atoms with Gasteiger partial charge in [-0.05, 0) is 35.9 Å². The van der Waals surface area contributed by atoms with Crippen molar-refractivity contribution in [3.63, 3.8) is 0 Å². The highest BCUT2D eigenvalue weighted by atomic mass is 32.2. The van der Waals surface area contributed by atoms with Crippen molar-refractivity contribution < 1.29 is 17.9 Å². The molecule has 1 aromatic heterocycles. The second kappa shape index (κ2) is 6.46. The van der Waals surface area contributed by atoms with Crippen molar-refractivity contribution in [3.8, 4) is 11.8 Å². The smallest absolute Gasteiger partial charge is 0.195 e. The van der Waals surface area contributed by atoms with Crippen LogP contribution in [0.15, 0.2) is 36.4 Å². The number of fused-ring (bicyclic) bond motifs is 4. The Balaban J connectivity index is 1.79. The lowest BCUT2D eigenvalue weighted by Gasteiger charge is -2.32. The SMILES string of the molecule is CC1(C)c2cc(OCCS(C)(=O)=O)ccc2C(=O)c2c1[nH]c1cc(C#N)ccc21. The minimum atomic E-state index is -3.11. The summed E-state index contributed by atoms with van der Waals surface area (Å²) in [5, 5.41) is 9.97. The quantitative estimate of drug-likeness (QED) is 0.714. The summed E-state index contributed by atoms with van der Waals surface area (Å²) in [7, 11) is -3.11. The zero-order valence-electron chi connectivity index (χ0n) is 16.4. The number of hydrogen-bond acceptors (Lipinski definition) is 5. The number of carbonyl (C=O) groups excluding carboxylic acids is 1. The average molecular weight is 408 g/mol. The zero-order chi connectivity index (χ0) is 21.0. The number of nitriles is 1. The molecule has 29 heavy (non-hydrogen) atoms. The summed E-state index contributed by atoms with van der Waals surface area (Å²) in [6.45, 7) is 4.11. The predicted octanol–water partition coefficient (Wildman–Crippen LogP) is 3.33. The van der Waals surface area contributed by atoms with Gasteiger partial charge in [0.15, 0.2) is 15.6 Å². The van der Waals surface area contributed by atoms with E-state index >= 15 is 0 Å². The fourth-order valence-corrected chi connectivity index (χ4v) is 4.27. The zero-order valence-corrected chi connectivity index (χ0v) is 17.2. The molecule has 3 aromatic rings. The number of sulfone groups is 1. The molecule has 1 aliphatic rings. The van der Waals surface area contributed by atoms with Crippen LogP contribution in [0.1, 0.15) is 46.6 Å². The summed E-state index contributed by atoms with van der Waals surface area (Å²) in [5.41, 5.74) is 3.64. The van der Waals surface area contributed by atoms with Crippen molar-refractivity contribution in [2.24, 2.45) is 0 Å². The number of aromatic amines is 1. The molecule has 6 nitrogen and oxygen atoms in total. The molecule has 148 valence electrons. The molecular formula is C22H20N2O4S. The van der Waals surface area contributed by atoms with E-state index < -0.39 is 15.3 Å². The molecule has 0 bridgehead atoms. The summed E-state index contributed by atoms with van der Waals surface area (Å²) in [6, 6.07) is 12.6. The van der Waals surface area contributed by atoms with Crippen LogP contribution < -0.4 is 4.74 Å². The van der Waals surface area contributed by atoms with Crippen LogP contribution in [0.4, 0.5) is 0 Å². The maximum absolute atomic E-state index is 13.3. The topological polar surface area (TPSA) is 100 Å². The van der Waals surface area contributed by atoms with Crippen LogP contribution in [0.2, 0.25) is 0 Å². The molecule has 0 fully saturated rings. The summed E-state index contributed by atoms with van der Waals surface area (Å²) >= 11 is 0. The van der Waals surface area contributed by atoms with E-state index in [2.05, 4.69) is 11.1 Å². The number of benzene rings is 2. The van der Waals surface area contributed by atoms with Crippen molar-refractivity contribution in [3.05, 3.63) is 64.3 Å². The van der Waals surface area contributed by atoms with E-state index in [-0.39, 0.29) is 18.1 Å². The van der Waals surface area contributed by atoms with Crippen molar-refractivity contribution in [2.75, 3.05) is 18.6 Å². The Morgan fingerprint density at radius 2 is 1.93 bits per heavy atom. The van der Waals surface area contributed by atoms with Crippen LogP contribution in [-0.2, 0) is 15.3 Å². The first kappa shape index (κ1) is 19.2. The standard InChI is InChI=1S/C22H20N2O4S/c1-22(2)17-11-14(28-8-9-29(3,26)27)5-7-15(17)20(25)19-16-6-4-13(12-23)10-18(16)24-21(19)22/h4-7,10-11,24H,8-9H2,1-3H3. The van der Waals surface area contributed by atoms with Gasteiger partial charge in [-0.15, -0.1) is 0 Å². The third-order valence-corrected chi connectivity index (χ3v) is 6.32. The maximum atomic E-state index is 13.3. The Morgan fingerprint density at radius 3 is 2.62 bits per heavy atom. The Bertz CT molecular complexity index is 1310. The van der Waals surface area contributed by atoms with E-state index in [4.69, 9.17) is 10.00 Å². The molecule has 0 spiro atoms. The fraction of sp³-hybridized carbons (Fsp3) is 0.273. The Kier molecular flexibility index (Phi) is 4.28. The van der Waals surface area contributed by atoms with E-state index in [1.54, 1.807) is 24.3 Å². The van der Waals surface area contributed by atoms with E-state index in [1.807, 2.05) is 26.0 Å². The Hall–Kier alpha value is -3.11. The van der Waals surface area contributed by atoms with E-state index in [0.717, 1.165) is 22.2 Å². The Labute approximate surface area is 169 Å². The van der Waals surface area contributed by atoms with Crippen LogP contribution in [-0.4, -0.2) is 37.8 Å². The van der Waals surface area contributed by atoms with E-state index in [9.17, 15) is 13.2 Å². The lowest BCUT2D eigenvalue weighted by molar-refractivity contribution is 0.103. The third kappa shape index (κ3) is 3.19. The van der Waals surface area contributed by atoms with Crippen molar-refractivity contribution in [1.29, 1.82) is 5.26 Å². The second-order valence-electron chi connectivity index (χ2n) is 7.89. The molecule has 0 unspecified atom stereocenters. The van der Waals surface area contributed by atoms with Crippen LogP contribution in [0.25, 0.3) is 10.9 Å². The molecule has 0 saturated carbocycles. The molecule has 4 rings (SSSR count). The molecule has 0 saturated heterocycles. The van der Waals surface area contributed by atoms with Crippen LogP contribution >= 0.6 is 0 Å². The second-order valence-corrected chi connectivity index (χ2v) is 10.1. The van der Waals surface area contributed by atoms with Gasteiger partial charge in [-0.1, -0.05) is 19.9 Å². The number of carbonyl (C=O) groups is 1. The average Bonchev–Trinajstić information content (AvgIpc) is 3.05. The minimum absolute atomic E-state index is 0.0561. The molecule has 0 aliphatic heterocycles. The summed E-state index contributed by atoms with van der Waals surface area (Å²) in [5.74, 6) is 0.382. The number of hydrogen-bond donors (Lipinski definition) is 1. The van der Waals surface area contributed by atoms with Gasteiger partial charge in [0.1, 0.15) is 12.4 Å². The number of nitrogens with one attached hydrogen (secondary N) is 1. The van der Waals surface area contributed by atoms with Crippen LogP contribution in [0.3, 0.4) is 0 Å². The van der Waals surface area contributed by atoms with Gasteiger partial charge in [0.2, 0.25) is 0 Å². The van der Waals surface area contributed by atoms with Gasteiger partial charge in [-0.2, -0.15) is 5.26 Å². The first-order valence-electron chi connectivity index (χ1n) is 9.18. The molecule has 1 heterocycles. The van der Waals surface area contributed by atoms with Gasteiger partial charge < -0.3 is 9.72 Å². The maximum Gasteiger partial charge on any atom is 0.195 e. The minimum Gasteiger partial charge on any atom is -0.493 e. The number of ether oxygens (including phenoxy) is 1. The van der Waals surface area contributed by atoms with Gasteiger partial charge >= 0.3 is 0 Å². The van der Waals surface area contributed by atoms with Gasteiger partial charge in [0, 0.05) is 33.8 Å². The largest absolute Gasteiger partial charge is 0.493 e. The molecule has 0 atom stereocenters. The number of nitrogens with zero attached hydrogens (tertiary/aromatic N) is 1.